The maximum atomic E-state index is 13.0. The fourth-order valence-electron chi connectivity index (χ4n) is 5.76. The molecule has 1 amide bonds. The average Bonchev–Trinajstić information content (AvgIpc) is 2.97. The molecule has 6 heteroatoms. The van der Waals surface area contributed by atoms with Crippen molar-refractivity contribution in [1.82, 2.24) is 9.80 Å². The van der Waals surface area contributed by atoms with Crippen LogP contribution in [0.5, 0.6) is 0 Å². The van der Waals surface area contributed by atoms with Gasteiger partial charge in [-0.15, -0.1) is 0 Å². The van der Waals surface area contributed by atoms with Gasteiger partial charge in [-0.3, -0.25) is 9.69 Å². The smallest absolute Gasteiger partial charge is 0.410 e. The van der Waals surface area contributed by atoms with Crippen LogP contribution < -0.4 is 0 Å². The number of nitrogens with zero attached hydrogens (tertiary/aromatic N) is 2. The van der Waals surface area contributed by atoms with E-state index in [9.17, 15) is 9.59 Å². The summed E-state index contributed by atoms with van der Waals surface area (Å²) in [5.41, 5.74) is -0.317. The van der Waals surface area contributed by atoms with E-state index in [0.29, 0.717) is 19.5 Å². The van der Waals surface area contributed by atoms with Crippen molar-refractivity contribution < 1.29 is 19.1 Å². The van der Waals surface area contributed by atoms with Gasteiger partial charge in [-0.05, 0) is 38.6 Å². The van der Waals surface area contributed by atoms with E-state index in [4.69, 9.17) is 9.47 Å². The monoisotopic (exact) mass is 386 g/mol. The van der Waals surface area contributed by atoms with E-state index in [0.717, 1.165) is 31.6 Å². The molecule has 28 heavy (non-hydrogen) atoms. The largest absolute Gasteiger partial charge is 0.499 e. The minimum atomic E-state index is -0.317. The zero-order valence-electron chi connectivity index (χ0n) is 16.6. The molecule has 0 unspecified atom stereocenters. The summed E-state index contributed by atoms with van der Waals surface area (Å²) in [6.45, 7) is 5.89. The molecule has 2 fully saturated rings. The summed E-state index contributed by atoms with van der Waals surface area (Å²) in [5.74, 6) is 0.826. The number of carbonyl (C=O) groups excluding carboxylic acids is 2. The Labute approximate surface area is 166 Å². The molecule has 0 N–H and O–H groups in total. The van der Waals surface area contributed by atoms with Gasteiger partial charge < -0.3 is 14.4 Å². The Hall–Kier alpha value is -2.08. The van der Waals surface area contributed by atoms with Gasteiger partial charge in [0.25, 0.3) is 0 Å². The first kappa shape index (κ1) is 19.2. The van der Waals surface area contributed by atoms with Crippen molar-refractivity contribution in [2.24, 2.45) is 11.3 Å². The van der Waals surface area contributed by atoms with Crippen LogP contribution in [0.2, 0.25) is 0 Å². The molecule has 0 aromatic rings. The van der Waals surface area contributed by atoms with E-state index in [1.807, 2.05) is 0 Å². The van der Waals surface area contributed by atoms with Crippen LogP contribution in [0.3, 0.4) is 0 Å². The highest BCUT2D eigenvalue weighted by Gasteiger charge is 2.62. The molecule has 6 nitrogen and oxygen atoms in total. The summed E-state index contributed by atoms with van der Waals surface area (Å²) in [6, 6.07) is 0.310. The first-order valence-electron chi connectivity index (χ1n) is 10.3. The van der Waals surface area contributed by atoms with E-state index < -0.39 is 0 Å². The Kier molecular flexibility index (Phi) is 5.32. The average molecular weight is 386 g/mol. The lowest BCUT2D eigenvalue weighted by Crippen LogP contribution is -2.60. The number of carbonyl (C=O) groups is 2. The molecule has 152 valence electrons. The summed E-state index contributed by atoms with van der Waals surface area (Å²) in [4.78, 5) is 29.8. The van der Waals surface area contributed by atoms with Gasteiger partial charge >= 0.3 is 6.09 Å². The summed E-state index contributed by atoms with van der Waals surface area (Å²) < 4.78 is 11.0. The highest BCUT2D eigenvalue weighted by molar-refractivity contribution is 5.94. The molecule has 3 heterocycles. The van der Waals surface area contributed by atoms with Crippen LogP contribution in [0, 0.1) is 11.3 Å². The normalized spacial score (nSPS) is 36.2. The van der Waals surface area contributed by atoms with E-state index in [1.54, 1.807) is 24.2 Å². The number of ketones is 1. The van der Waals surface area contributed by atoms with Gasteiger partial charge in [0, 0.05) is 36.5 Å². The SMILES string of the molecule is C=CCOC(=O)N1CC[C@H]2C(=O)C=C(OC)[C@@H]3N4CCCC/C=C\[C@H]4C[C@@]32C1. The number of ether oxygens (including phenoxy) is 2. The van der Waals surface area contributed by atoms with Crippen LogP contribution in [0.15, 0.2) is 36.6 Å². The predicted octanol–water partition coefficient (Wildman–Crippen LogP) is 2.91. The second-order valence-electron chi connectivity index (χ2n) is 8.35. The Morgan fingerprint density at radius 1 is 1.39 bits per heavy atom. The van der Waals surface area contributed by atoms with Gasteiger partial charge in [0.15, 0.2) is 5.78 Å². The lowest BCUT2D eigenvalue weighted by Gasteiger charge is -2.51. The number of hydrogen-bond donors (Lipinski definition) is 0. The van der Waals surface area contributed by atoms with Crippen LogP contribution in [0.25, 0.3) is 0 Å². The van der Waals surface area contributed by atoms with Crippen LogP contribution in [-0.4, -0.2) is 67.1 Å². The maximum Gasteiger partial charge on any atom is 0.410 e. The van der Waals surface area contributed by atoms with Gasteiger partial charge in [-0.1, -0.05) is 24.8 Å². The van der Waals surface area contributed by atoms with E-state index in [1.165, 1.54) is 6.42 Å². The zero-order chi connectivity index (χ0) is 19.7. The zero-order valence-corrected chi connectivity index (χ0v) is 16.6. The van der Waals surface area contributed by atoms with Crippen molar-refractivity contribution in [2.75, 3.05) is 33.4 Å². The van der Waals surface area contributed by atoms with Crippen molar-refractivity contribution in [3.8, 4) is 0 Å². The second-order valence-corrected chi connectivity index (χ2v) is 8.35. The molecule has 1 aliphatic carbocycles. The van der Waals surface area contributed by atoms with Gasteiger partial charge in [0.2, 0.25) is 0 Å². The molecule has 0 radical (unpaired) electrons. The Bertz CT molecular complexity index is 715. The molecule has 0 aromatic carbocycles. The molecule has 4 rings (SSSR count). The van der Waals surface area contributed by atoms with Crippen molar-refractivity contribution >= 4 is 11.9 Å². The van der Waals surface area contributed by atoms with Gasteiger partial charge in [-0.2, -0.15) is 0 Å². The summed E-state index contributed by atoms with van der Waals surface area (Å²) in [6.07, 6.45) is 12.5. The van der Waals surface area contributed by atoms with Crippen LogP contribution in [-0.2, 0) is 14.3 Å². The molecule has 4 aliphatic rings. The minimum absolute atomic E-state index is 0.0305. The van der Waals surface area contributed by atoms with E-state index >= 15 is 0 Å². The number of hydrogen-bond acceptors (Lipinski definition) is 5. The summed E-state index contributed by atoms with van der Waals surface area (Å²) in [5, 5.41) is 0. The number of amides is 1. The number of piperidine rings is 1. The van der Waals surface area contributed by atoms with Crippen molar-refractivity contribution in [2.45, 2.75) is 44.2 Å². The Balaban J connectivity index is 1.71. The number of methoxy groups -OCH3 is 1. The molecule has 4 atom stereocenters. The lowest BCUT2D eigenvalue weighted by atomic mass is 9.61. The van der Waals surface area contributed by atoms with Crippen LogP contribution in [0.1, 0.15) is 32.1 Å². The molecule has 2 saturated heterocycles. The standard InChI is InChI=1S/C22H30N2O4/c1-3-12-28-21(26)23-11-9-17-18(25)13-19(27-2)20-22(17,15-23)14-16-8-6-4-5-7-10-24(16)20/h3,6,8,13,16-17,20H,1,4-5,7,9-12,14-15H2,2H3/b8-6-/t16-,17-,20-,22-/m0/s1. The van der Waals surface area contributed by atoms with Gasteiger partial charge in [0.05, 0.1) is 13.2 Å². The molecule has 0 saturated carbocycles. The van der Waals surface area contributed by atoms with E-state index in [-0.39, 0.29) is 41.9 Å². The minimum Gasteiger partial charge on any atom is -0.499 e. The molecule has 0 aromatic heterocycles. The van der Waals surface area contributed by atoms with Crippen molar-refractivity contribution in [1.29, 1.82) is 0 Å². The predicted molar refractivity (Wildman–Crippen MR) is 106 cm³/mol. The number of fused-ring (bicyclic) bond motifs is 2. The third kappa shape index (κ3) is 3.08. The van der Waals surface area contributed by atoms with Crippen molar-refractivity contribution in [3.63, 3.8) is 0 Å². The fraction of sp³-hybridized carbons (Fsp3) is 0.636. The molecule has 0 bridgehead atoms. The third-order valence-electron chi connectivity index (χ3n) is 6.87. The number of allylic oxidation sites excluding steroid dienone is 2. The van der Waals surface area contributed by atoms with Crippen LogP contribution in [0.4, 0.5) is 4.79 Å². The number of likely N-dealkylation sites (tertiary alicyclic amines) is 1. The second kappa shape index (κ2) is 7.74. The highest BCUT2D eigenvalue weighted by Crippen LogP contribution is 2.55. The Morgan fingerprint density at radius 3 is 3.04 bits per heavy atom. The first-order chi connectivity index (χ1) is 13.6. The first-order valence-corrected chi connectivity index (χ1v) is 10.3. The molecular weight excluding hydrogens is 356 g/mol. The summed E-state index contributed by atoms with van der Waals surface area (Å²) >= 11 is 0. The quantitative estimate of drug-likeness (QED) is 0.698. The van der Waals surface area contributed by atoms with E-state index in [2.05, 4.69) is 23.6 Å². The molecular formula is C22H30N2O4. The Morgan fingerprint density at radius 2 is 2.25 bits per heavy atom. The topological polar surface area (TPSA) is 59.1 Å². The highest BCUT2D eigenvalue weighted by atomic mass is 16.6. The summed E-state index contributed by atoms with van der Waals surface area (Å²) in [7, 11) is 1.65. The maximum absolute atomic E-state index is 13.0. The fourth-order valence-corrected chi connectivity index (χ4v) is 5.76. The van der Waals surface area contributed by atoms with Crippen LogP contribution >= 0.6 is 0 Å². The van der Waals surface area contributed by atoms with Gasteiger partial charge in [-0.25, -0.2) is 4.79 Å². The van der Waals surface area contributed by atoms with Crippen molar-refractivity contribution in [3.05, 3.63) is 36.6 Å². The molecule has 1 spiro atoms. The third-order valence-corrected chi connectivity index (χ3v) is 6.87. The lowest BCUT2D eigenvalue weighted by molar-refractivity contribution is -0.129. The van der Waals surface area contributed by atoms with Gasteiger partial charge in [0.1, 0.15) is 12.4 Å². The number of rotatable bonds is 3. The molecule has 3 aliphatic heterocycles.